The van der Waals surface area contributed by atoms with Crippen molar-refractivity contribution in [3.63, 3.8) is 0 Å². The van der Waals surface area contributed by atoms with Gasteiger partial charge in [0.1, 0.15) is 0 Å². The van der Waals surface area contributed by atoms with Crippen LogP contribution in [0.2, 0.25) is 10.0 Å². The molecule has 0 saturated heterocycles. The van der Waals surface area contributed by atoms with Crippen molar-refractivity contribution in [2.75, 3.05) is 4.90 Å². The normalized spacial score (nSPS) is 14.8. The number of aliphatic hydroxyl groups is 1. The number of carbonyl (C=O) groups is 2. The van der Waals surface area contributed by atoms with Gasteiger partial charge in [-0.15, -0.1) is 0 Å². The average molecular weight is 362 g/mol. The van der Waals surface area contributed by atoms with E-state index in [2.05, 4.69) is 0 Å². The lowest BCUT2D eigenvalue weighted by molar-refractivity contribution is -0.121. The van der Waals surface area contributed by atoms with Crippen molar-refractivity contribution in [2.45, 2.75) is 13.8 Å². The molecule has 3 rings (SSSR count). The molecule has 0 saturated carbocycles. The summed E-state index contributed by atoms with van der Waals surface area (Å²) in [5, 5.41) is 10.8. The summed E-state index contributed by atoms with van der Waals surface area (Å²) < 4.78 is 0. The van der Waals surface area contributed by atoms with E-state index in [0.29, 0.717) is 10.7 Å². The van der Waals surface area contributed by atoms with Crippen molar-refractivity contribution in [1.82, 2.24) is 0 Å². The van der Waals surface area contributed by atoms with Crippen molar-refractivity contribution < 1.29 is 14.7 Å². The molecule has 0 aromatic heterocycles. The molecule has 1 aliphatic heterocycles. The lowest BCUT2D eigenvalue weighted by Crippen LogP contribution is -2.32. The Kier molecular flexibility index (Phi) is 4.11. The number of amides is 2. The van der Waals surface area contributed by atoms with Gasteiger partial charge in [0.05, 0.1) is 16.3 Å². The SMILES string of the molecule is Cc1cccc(N2C(=O)C(O)=C(c3ccc(Cl)cc3Cl)C2=O)c1C. The van der Waals surface area contributed by atoms with Crippen LogP contribution in [0, 0.1) is 13.8 Å². The van der Waals surface area contributed by atoms with Crippen LogP contribution in [0.5, 0.6) is 0 Å². The Hall–Kier alpha value is -2.30. The molecule has 0 fully saturated rings. The molecule has 0 spiro atoms. The maximum absolute atomic E-state index is 12.8. The highest BCUT2D eigenvalue weighted by molar-refractivity contribution is 6.47. The van der Waals surface area contributed by atoms with Crippen LogP contribution in [0.15, 0.2) is 42.2 Å². The van der Waals surface area contributed by atoms with Gasteiger partial charge in [0, 0.05) is 10.6 Å². The van der Waals surface area contributed by atoms with Crippen molar-refractivity contribution in [3.8, 4) is 0 Å². The summed E-state index contributed by atoms with van der Waals surface area (Å²) in [6.07, 6.45) is 0. The van der Waals surface area contributed by atoms with Crippen LogP contribution in [0.25, 0.3) is 5.57 Å². The van der Waals surface area contributed by atoms with E-state index in [-0.39, 0.29) is 16.2 Å². The lowest BCUT2D eigenvalue weighted by Gasteiger charge is -2.18. The minimum atomic E-state index is -0.769. The molecule has 1 aliphatic rings. The number of aryl methyl sites for hydroxylation is 1. The quantitative estimate of drug-likeness (QED) is 0.803. The highest BCUT2D eigenvalue weighted by Crippen LogP contribution is 2.37. The Morgan fingerprint density at radius 1 is 1.00 bits per heavy atom. The van der Waals surface area contributed by atoms with Gasteiger partial charge in [0.2, 0.25) is 0 Å². The predicted molar refractivity (Wildman–Crippen MR) is 94.4 cm³/mol. The maximum atomic E-state index is 12.8. The van der Waals surface area contributed by atoms with Gasteiger partial charge in [-0.1, -0.05) is 41.4 Å². The van der Waals surface area contributed by atoms with E-state index in [4.69, 9.17) is 23.2 Å². The first kappa shape index (κ1) is 16.6. The molecular weight excluding hydrogens is 349 g/mol. The number of aliphatic hydroxyl groups excluding tert-OH is 1. The summed E-state index contributed by atoms with van der Waals surface area (Å²) in [6, 6.07) is 9.81. The molecule has 0 unspecified atom stereocenters. The third kappa shape index (κ3) is 2.48. The van der Waals surface area contributed by atoms with Gasteiger partial charge in [-0.25, -0.2) is 4.90 Å². The van der Waals surface area contributed by atoms with E-state index in [1.807, 2.05) is 19.9 Å². The third-order valence-electron chi connectivity index (χ3n) is 4.08. The molecule has 2 aromatic carbocycles. The van der Waals surface area contributed by atoms with E-state index >= 15 is 0 Å². The number of rotatable bonds is 2. The number of hydrogen-bond donors (Lipinski definition) is 1. The molecule has 2 aromatic rings. The Morgan fingerprint density at radius 2 is 1.71 bits per heavy atom. The Morgan fingerprint density at radius 3 is 2.38 bits per heavy atom. The number of carbonyl (C=O) groups excluding carboxylic acids is 2. The fraction of sp³-hybridized carbons (Fsp3) is 0.111. The number of halogens is 2. The first-order valence-corrected chi connectivity index (χ1v) is 7.92. The van der Waals surface area contributed by atoms with Gasteiger partial charge in [-0.3, -0.25) is 9.59 Å². The van der Waals surface area contributed by atoms with Gasteiger partial charge in [0.15, 0.2) is 5.76 Å². The maximum Gasteiger partial charge on any atom is 0.301 e. The summed E-state index contributed by atoms with van der Waals surface area (Å²) >= 11 is 12.0. The van der Waals surface area contributed by atoms with Crippen molar-refractivity contribution in [1.29, 1.82) is 0 Å². The van der Waals surface area contributed by atoms with Gasteiger partial charge in [0.25, 0.3) is 5.91 Å². The lowest BCUT2D eigenvalue weighted by atomic mass is 10.0. The Labute approximate surface area is 148 Å². The molecular formula is C18H13Cl2NO3. The topological polar surface area (TPSA) is 57.6 Å². The molecule has 0 atom stereocenters. The summed E-state index contributed by atoms with van der Waals surface area (Å²) in [5.74, 6) is -2.00. The first-order chi connectivity index (χ1) is 11.3. The average Bonchev–Trinajstić information content (AvgIpc) is 2.74. The molecule has 1 N–H and O–H groups in total. The minimum absolute atomic E-state index is 0.123. The standard InChI is InChI=1S/C18H13Cl2NO3/c1-9-4-3-5-14(10(9)2)21-17(23)15(16(22)18(21)24)12-7-6-11(19)8-13(12)20/h3-8,22H,1-2H3. The van der Waals surface area contributed by atoms with Crippen LogP contribution in [-0.2, 0) is 9.59 Å². The number of imide groups is 1. The number of benzene rings is 2. The third-order valence-corrected chi connectivity index (χ3v) is 4.62. The molecule has 1 heterocycles. The summed E-state index contributed by atoms with van der Waals surface area (Å²) in [5.41, 5.74) is 2.31. The number of hydrogen-bond acceptors (Lipinski definition) is 3. The molecule has 6 heteroatoms. The fourth-order valence-electron chi connectivity index (χ4n) is 2.65. The van der Waals surface area contributed by atoms with Crippen LogP contribution in [0.1, 0.15) is 16.7 Å². The van der Waals surface area contributed by atoms with E-state index < -0.39 is 17.6 Å². The van der Waals surface area contributed by atoms with Gasteiger partial charge >= 0.3 is 5.91 Å². The summed E-state index contributed by atoms with van der Waals surface area (Å²) in [7, 11) is 0. The predicted octanol–water partition coefficient (Wildman–Crippen LogP) is 4.45. The fourth-order valence-corrected chi connectivity index (χ4v) is 3.15. The van der Waals surface area contributed by atoms with Gasteiger partial charge < -0.3 is 5.11 Å². The minimum Gasteiger partial charge on any atom is -0.502 e. The molecule has 2 amide bonds. The van der Waals surface area contributed by atoms with E-state index in [0.717, 1.165) is 16.0 Å². The molecule has 0 aliphatic carbocycles. The second-order valence-electron chi connectivity index (χ2n) is 5.51. The highest BCUT2D eigenvalue weighted by Gasteiger charge is 2.41. The van der Waals surface area contributed by atoms with Gasteiger partial charge in [-0.05, 0) is 43.2 Å². The molecule has 0 bridgehead atoms. The summed E-state index contributed by atoms with van der Waals surface area (Å²) in [6.45, 7) is 3.70. The van der Waals surface area contributed by atoms with Crippen LogP contribution >= 0.6 is 23.2 Å². The van der Waals surface area contributed by atoms with Crippen LogP contribution in [0.3, 0.4) is 0 Å². The van der Waals surface area contributed by atoms with Crippen molar-refractivity contribution in [2.24, 2.45) is 0 Å². The largest absolute Gasteiger partial charge is 0.502 e. The number of anilines is 1. The highest BCUT2D eigenvalue weighted by atomic mass is 35.5. The smallest absolute Gasteiger partial charge is 0.301 e. The zero-order valence-corrected chi connectivity index (χ0v) is 14.4. The van der Waals surface area contributed by atoms with Crippen LogP contribution < -0.4 is 4.90 Å². The van der Waals surface area contributed by atoms with Crippen molar-refractivity contribution in [3.05, 3.63) is 68.9 Å². The van der Waals surface area contributed by atoms with Crippen LogP contribution in [0.4, 0.5) is 5.69 Å². The van der Waals surface area contributed by atoms with Crippen LogP contribution in [-0.4, -0.2) is 16.9 Å². The van der Waals surface area contributed by atoms with E-state index in [9.17, 15) is 14.7 Å². The van der Waals surface area contributed by atoms with E-state index in [1.54, 1.807) is 18.2 Å². The van der Waals surface area contributed by atoms with Crippen molar-refractivity contribution >= 4 is 46.3 Å². The zero-order chi connectivity index (χ0) is 17.6. The van der Waals surface area contributed by atoms with E-state index in [1.165, 1.54) is 12.1 Å². The number of nitrogens with zero attached hydrogens (tertiary/aromatic N) is 1. The molecule has 122 valence electrons. The second kappa shape index (κ2) is 5.96. The summed E-state index contributed by atoms with van der Waals surface area (Å²) in [4.78, 5) is 26.3. The van der Waals surface area contributed by atoms with Gasteiger partial charge in [-0.2, -0.15) is 0 Å². The second-order valence-corrected chi connectivity index (χ2v) is 6.36. The Balaban J connectivity index is 2.13. The molecule has 0 radical (unpaired) electrons. The first-order valence-electron chi connectivity index (χ1n) is 7.16. The molecule has 24 heavy (non-hydrogen) atoms. The monoisotopic (exact) mass is 361 g/mol. The molecule has 4 nitrogen and oxygen atoms in total. The Bertz CT molecular complexity index is 918. The zero-order valence-electron chi connectivity index (χ0n) is 12.9.